The van der Waals surface area contributed by atoms with E-state index >= 15 is 0 Å². The Labute approximate surface area is 72.4 Å². The molecule has 0 aromatic carbocycles. The Morgan fingerprint density at radius 1 is 1.33 bits per heavy atom. The molecular weight excluding hydrogens is 160 g/mol. The minimum absolute atomic E-state index is 0.00843. The Bertz CT molecular complexity index is 166. The summed E-state index contributed by atoms with van der Waals surface area (Å²) in [4.78, 5) is 21.0. The van der Waals surface area contributed by atoms with Gasteiger partial charge in [-0.3, -0.25) is 0 Å². The van der Waals surface area contributed by atoms with Gasteiger partial charge in [-0.05, 0) is 0 Å². The number of rotatable bonds is 3. The molecule has 6 nitrogen and oxygen atoms in total. The van der Waals surface area contributed by atoms with E-state index in [0.717, 1.165) is 0 Å². The van der Waals surface area contributed by atoms with Crippen LogP contribution < -0.4 is 10.5 Å². The molecule has 0 saturated carbocycles. The molecule has 0 unspecified atom stereocenters. The summed E-state index contributed by atoms with van der Waals surface area (Å²) in [6, 6.07) is 0. The van der Waals surface area contributed by atoms with Crippen molar-refractivity contribution in [2.45, 2.75) is 6.82 Å². The van der Waals surface area contributed by atoms with Crippen molar-refractivity contribution in [3.8, 4) is 0 Å². The van der Waals surface area contributed by atoms with Crippen LogP contribution in [0, 0.1) is 0 Å². The highest BCUT2D eigenvalue weighted by atomic mass is 16.5. The molecule has 0 aromatic rings. The third-order valence-electron chi connectivity index (χ3n) is 0.926. The zero-order chi connectivity index (χ0) is 9.40. The van der Waals surface area contributed by atoms with Gasteiger partial charge in [-0.2, -0.15) is 0 Å². The Morgan fingerprint density at radius 3 is 2.42 bits per heavy atom. The number of carbonyl (C=O) groups is 2. The highest BCUT2D eigenvalue weighted by Gasteiger charge is 2.02. The summed E-state index contributed by atoms with van der Waals surface area (Å²) in [6.07, 6.45) is -1.18. The molecule has 0 fully saturated rings. The first-order valence-corrected chi connectivity index (χ1v) is 3.43. The topological polar surface area (TPSA) is 76.7 Å². The lowest BCUT2D eigenvalue weighted by Crippen LogP contribution is -2.41. The first-order chi connectivity index (χ1) is 5.70. The zero-order valence-corrected chi connectivity index (χ0v) is 7.05. The van der Waals surface area contributed by atoms with Crippen LogP contribution in [0.15, 0.2) is 0 Å². The summed E-state index contributed by atoms with van der Waals surface area (Å²) in [5.74, 6) is 0. The van der Waals surface area contributed by atoms with Crippen LogP contribution in [0.4, 0.5) is 9.59 Å². The van der Waals surface area contributed by atoms with Crippen LogP contribution in [0.25, 0.3) is 0 Å². The number of hydrogen-bond acceptors (Lipinski definition) is 4. The van der Waals surface area contributed by atoms with E-state index in [4.69, 9.17) is 0 Å². The van der Waals surface area contributed by atoms with E-state index in [1.807, 2.05) is 0 Å². The van der Waals surface area contributed by atoms with Gasteiger partial charge < -0.3 is 19.8 Å². The van der Waals surface area contributed by atoms with Gasteiger partial charge in [0.2, 0.25) is 0 Å². The SMILES string of the molecule is BOC(=O)NBNC(=O)OBC. The van der Waals surface area contributed by atoms with Crippen LogP contribution in [0.1, 0.15) is 0 Å². The molecule has 0 bridgehead atoms. The zero-order valence-electron chi connectivity index (χ0n) is 7.05. The van der Waals surface area contributed by atoms with Crippen LogP contribution >= 0.6 is 0 Å². The van der Waals surface area contributed by atoms with E-state index in [9.17, 15) is 9.59 Å². The Morgan fingerprint density at radius 2 is 1.92 bits per heavy atom. The van der Waals surface area contributed by atoms with Gasteiger partial charge in [-0.25, -0.2) is 9.59 Å². The van der Waals surface area contributed by atoms with Crippen molar-refractivity contribution in [2.75, 3.05) is 0 Å². The fourth-order valence-corrected chi connectivity index (χ4v) is 0.443. The first-order valence-electron chi connectivity index (χ1n) is 3.43. The fraction of sp³-hybridized carbons (Fsp3) is 0.333. The number of nitrogens with one attached hydrogen (secondary N) is 2. The van der Waals surface area contributed by atoms with E-state index in [1.54, 1.807) is 6.82 Å². The smallest absolute Gasteiger partial charge is 0.378 e. The van der Waals surface area contributed by atoms with Crippen LogP contribution in [0.3, 0.4) is 0 Å². The molecule has 0 radical (unpaired) electrons. The molecule has 0 aliphatic rings. The van der Waals surface area contributed by atoms with Gasteiger partial charge >= 0.3 is 35.3 Å². The summed E-state index contributed by atoms with van der Waals surface area (Å²) < 4.78 is 8.76. The number of carbonyl (C=O) groups excluding carboxylic acids is 2. The highest BCUT2D eigenvalue weighted by Crippen LogP contribution is 1.71. The quantitative estimate of drug-likeness (QED) is 0.464. The van der Waals surface area contributed by atoms with Crippen molar-refractivity contribution in [3.05, 3.63) is 0 Å². The molecule has 0 heterocycles. The Hall–Kier alpha value is -1.27. The second-order valence-electron chi connectivity index (χ2n) is 1.74. The molecule has 0 atom stereocenters. The van der Waals surface area contributed by atoms with Crippen LogP contribution in [-0.4, -0.2) is 35.3 Å². The predicted octanol–water partition coefficient (Wildman–Crippen LogP) is -2.35. The van der Waals surface area contributed by atoms with Crippen LogP contribution in [0.5, 0.6) is 0 Å². The molecule has 0 rings (SSSR count). The van der Waals surface area contributed by atoms with Crippen LogP contribution in [-0.2, 0) is 9.31 Å². The van der Waals surface area contributed by atoms with E-state index in [2.05, 4.69) is 19.8 Å². The van der Waals surface area contributed by atoms with Crippen molar-refractivity contribution in [2.24, 2.45) is 0 Å². The van der Waals surface area contributed by atoms with Crippen molar-refractivity contribution < 1.29 is 18.9 Å². The van der Waals surface area contributed by atoms with Crippen LogP contribution in [0.2, 0.25) is 6.82 Å². The molecule has 9 heteroatoms. The number of hydrogen-bond donors (Lipinski definition) is 2. The standard InChI is InChI=1S/C3H9B3N2O4/c1-5-12-3(10)8-6-7-2(9)11-4/h5-6H,4H2,1H3,(H,7,9)(H,8,10). The van der Waals surface area contributed by atoms with Crippen molar-refractivity contribution in [1.29, 1.82) is 0 Å². The van der Waals surface area contributed by atoms with E-state index in [0.29, 0.717) is 7.48 Å². The molecular formula is C3H9B3N2O4. The number of amides is 2. The summed E-state index contributed by atoms with van der Waals surface area (Å²) in [7, 11) is 1.52. The third-order valence-corrected chi connectivity index (χ3v) is 0.926. The maximum absolute atomic E-state index is 10.6. The second kappa shape index (κ2) is 6.45. The van der Waals surface area contributed by atoms with Gasteiger partial charge in [-0.1, -0.05) is 6.82 Å². The van der Waals surface area contributed by atoms with Crippen molar-refractivity contribution in [1.82, 2.24) is 10.5 Å². The minimum atomic E-state index is -0.605. The lowest BCUT2D eigenvalue weighted by molar-refractivity contribution is 0.208. The average Bonchev–Trinajstić information content (AvgIpc) is 2.04. The Balaban J connectivity index is 3.30. The first kappa shape index (κ1) is 10.7. The lowest BCUT2D eigenvalue weighted by atomic mass is 10.1. The predicted molar refractivity (Wildman–Crippen MR) is 47.9 cm³/mol. The summed E-state index contributed by atoms with van der Waals surface area (Å²) in [5, 5.41) is 4.52. The molecule has 0 spiro atoms. The third kappa shape index (κ3) is 5.51. The molecule has 2 N–H and O–H groups in total. The molecule has 0 aliphatic heterocycles. The molecule has 0 saturated heterocycles. The maximum atomic E-state index is 10.6. The molecule has 2 amide bonds. The molecule has 64 valence electrons. The van der Waals surface area contributed by atoms with E-state index < -0.39 is 12.2 Å². The monoisotopic (exact) mass is 170 g/mol. The molecule has 0 aliphatic carbocycles. The highest BCUT2D eigenvalue weighted by molar-refractivity contribution is 6.39. The van der Waals surface area contributed by atoms with Gasteiger partial charge in [0.25, 0.3) is 0 Å². The van der Waals surface area contributed by atoms with Crippen molar-refractivity contribution >= 4 is 35.3 Å². The van der Waals surface area contributed by atoms with Gasteiger partial charge in [0, 0.05) is 0 Å². The van der Waals surface area contributed by atoms with Gasteiger partial charge in [0.05, 0.1) is 0 Å². The van der Waals surface area contributed by atoms with E-state index in [1.165, 1.54) is 8.05 Å². The molecule has 0 aromatic heterocycles. The largest absolute Gasteiger partial charge is 0.529 e. The van der Waals surface area contributed by atoms with Gasteiger partial charge in [-0.15, -0.1) is 0 Å². The summed E-state index contributed by atoms with van der Waals surface area (Å²) >= 11 is 0. The molecule has 12 heavy (non-hydrogen) atoms. The maximum Gasteiger partial charge on any atom is 0.378 e. The Kier molecular flexibility index (Phi) is 5.77. The summed E-state index contributed by atoms with van der Waals surface area (Å²) in [6.45, 7) is 1.69. The summed E-state index contributed by atoms with van der Waals surface area (Å²) in [5.41, 5.74) is 0. The van der Waals surface area contributed by atoms with Gasteiger partial charge in [0.1, 0.15) is 0 Å². The second-order valence-corrected chi connectivity index (χ2v) is 1.74. The van der Waals surface area contributed by atoms with Crippen molar-refractivity contribution in [3.63, 3.8) is 0 Å². The van der Waals surface area contributed by atoms with Gasteiger partial charge in [0.15, 0.2) is 0 Å². The minimum Gasteiger partial charge on any atom is -0.529 e. The average molecular weight is 170 g/mol. The van der Waals surface area contributed by atoms with E-state index in [-0.39, 0.29) is 7.55 Å². The lowest BCUT2D eigenvalue weighted by Gasteiger charge is -2.04. The normalized spacial score (nSPS) is 7.75. The fourth-order valence-electron chi connectivity index (χ4n) is 0.443.